The summed E-state index contributed by atoms with van der Waals surface area (Å²) in [5.74, 6) is -0.711. The van der Waals surface area contributed by atoms with Crippen molar-refractivity contribution in [3.63, 3.8) is 0 Å². The van der Waals surface area contributed by atoms with Crippen LogP contribution in [0.5, 0.6) is 0 Å². The first-order valence-corrected chi connectivity index (χ1v) is 11.2. The largest absolute Gasteiger partial charge is 0.365 e. The van der Waals surface area contributed by atoms with E-state index in [1.807, 2.05) is 48.5 Å². The molecule has 0 unspecified atom stereocenters. The van der Waals surface area contributed by atoms with Gasteiger partial charge in [0.2, 0.25) is 5.78 Å². The van der Waals surface area contributed by atoms with Crippen LogP contribution in [0.1, 0.15) is 46.4 Å². The summed E-state index contributed by atoms with van der Waals surface area (Å²) in [5, 5.41) is 4.06. The lowest BCUT2D eigenvalue weighted by atomic mass is 9.94. The third kappa shape index (κ3) is 5.50. The fourth-order valence-electron chi connectivity index (χ4n) is 3.67. The number of rotatable bonds is 7. The van der Waals surface area contributed by atoms with Crippen molar-refractivity contribution in [2.45, 2.75) is 35.5 Å². The van der Waals surface area contributed by atoms with Crippen molar-refractivity contribution in [2.24, 2.45) is 11.1 Å². The molecule has 31 heavy (non-hydrogen) atoms. The molecule has 0 amide bonds. The second-order valence-corrected chi connectivity index (χ2v) is 8.62. The summed E-state index contributed by atoms with van der Waals surface area (Å²) in [4.78, 5) is 32.9. The maximum Gasteiger partial charge on any atom is 0.365 e. The molecule has 0 aliphatic heterocycles. The van der Waals surface area contributed by atoms with E-state index in [4.69, 9.17) is 4.84 Å². The number of hydrogen-bond donors (Lipinski definition) is 0. The number of benzene rings is 3. The lowest BCUT2D eigenvalue weighted by Gasteiger charge is -2.12. The molecule has 0 aromatic heterocycles. The Morgan fingerprint density at radius 3 is 1.97 bits per heavy atom. The van der Waals surface area contributed by atoms with Gasteiger partial charge < -0.3 is 4.84 Å². The molecule has 4 nitrogen and oxygen atoms in total. The molecule has 3 aromatic carbocycles. The smallest absolute Gasteiger partial charge is 0.312 e. The Morgan fingerprint density at radius 2 is 1.32 bits per heavy atom. The van der Waals surface area contributed by atoms with Gasteiger partial charge in [0.25, 0.3) is 0 Å². The first kappa shape index (κ1) is 21.1. The highest BCUT2D eigenvalue weighted by Gasteiger charge is 2.28. The summed E-state index contributed by atoms with van der Waals surface area (Å²) in [6, 6.07) is 26.3. The Labute approximate surface area is 186 Å². The van der Waals surface area contributed by atoms with Gasteiger partial charge >= 0.3 is 5.97 Å². The van der Waals surface area contributed by atoms with Gasteiger partial charge in [0.15, 0.2) is 0 Å². The van der Waals surface area contributed by atoms with Crippen molar-refractivity contribution in [3.05, 3.63) is 96.1 Å². The Bertz CT molecular complexity index is 1060. The van der Waals surface area contributed by atoms with Gasteiger partial charge in [-0.1, -0.05) is 66.2 Å². The first-order chi connectivity index (χ1) is 15.2. The molecular formula is C26H23NO3S. The minimum absolute atomic E-state index is 0.0226. The minimum atomic E-state index is -0.557. The van der Waals surface area contributed by atoms with Crippen LogP contribution >= 0.6 is 11.8 Å². The Morgan fingerprint density at radius 1 is 0.742 bits per heavy atom. The standard InChI is InChI=1S/C26H23NO3S/c28-25(20-15-17-23(18-16-20)31-22-13-5-2-6-14-22)24(19-9-7-8-10-19)27-30-26(29)21-11-3-1-4-12-21/h1-6,11-19H,7-10H2/b27-24+. The molecule has 4 rings (SSSR count). The molecule has 0 atom stereocenters. The van der Waals surface area contributed by atoms with Gasteiger partial charge in [-0.15, -0.1) is 0 Å². The van der Waals surface area contributed by atoms with Gasteiger partial charge in [-0.2, -0.15) is 0 Å². The number of ketones is 1. The first-order valence-electron chi connectivity index (χ1n) is 10.4. The highest BCUT2D eigenvalue weighted by Crippen LogP contribution is 2.30. The van der Waals surface area contributed by atoms with Crippen LogP contribution in [0.4, 0.5) is 0 Å². The minimum Gasteiger partial charge on any atom is -0.312 e. The molecule has 1 aliphatic carbocycles. The second kappa shape index (κ2) is 10.2. The fraction of sp³-hybridized carbons (Fsp3) is 0.192. The number of carbonyl (C=O) groups excluding carboxylic acids is 2. The summed E-state index contributed by atoms with van der Waals surface area (Å²) in [6.07, 6.45) is 3.87. The number of hydrogen-bond acceptors (Lipinski definition) is 5. The summed E-state index contributed by atoms with van der Waals surface area (Å²) >= 11 is 1.64. The van der Waals surface area contributed by atoms with E-state index in [9.17, 15) is 9.59 Å². The zero-order valence-corrected chi connectivity index (χ0v) is 17.9. The maximum atomic E-state index is 13.2. The molecule has 156 valence electrons. The van der Waals surface area contributed by atoms with E-state index >= 15 is 0 Å². The van der Waals surface area contributed by atoms with E-state index < -0.39 is 5.97 Å². The SMILES string of the molecule is O=C(O/N=C(/C(=O)c1ccc(Sc2ccccc2)cc1)C1CCCC1)c1ccccc1. The molecule has 0 heterocycles. The summed E-state index contributed by atoms with van der Waals surface area (Å²) in [7, 11) is 0. The van der Waals surface area contributed by atoms with Gasteiger partial charge in [-0.05, 0) is 61.4 Å². The molecule has 0 saturated heterocycles. The molecule has 0 N–H and O–H groups in total. The van der Waals surface area contributed by atoms with Crippen LogP contribution in [0.15, 0.2) is 99.9 Å². The van der Waals surface area contributed by atoms with Crippen molar-refractivity contribution >= 4 is 29.2 Å². The Balaban J connectivity index is 1.51. The van der Waals surface area contributed by atoms with Crippen molar-refractivity contribution < 1.29 is 14.4 Å². The Kier molecular flexibility index (Phi) is 6.95. The predicted octanol–water partition coefficient (Wildman–Crippen LogP) is 6.42. The fourth-order valence-corrected chi connectivity index (χ4v) is 4.50. The number of oxime groups is 1. The molecule has 3 aromatic rings. The van der Waals surface area contributed by atoms with Crippen LogP contribution in [-0.4, -0.2) is 17.5 Å². The van der Waals surface area contributed by atoms with E-state index in [0.717, 1.165) is 35.5 Å². The maximum absolute atomic E-state index is 13.2. The average Bonchev–Trinajstić information content (AvgIpc) is 3.35. The summed E-state index contributed by atoms with van der Waals surface area (Å²) in [5.41, 5.74) is 1.30. The zero-order chi connectivity index (χ0) is 21.5. The number of carbonyl (C=O) groups is 2. The van der Waals surface area contributed by atoms with Gasteiger partial charge in [0.1, 0.15) is 5.71 Å². The van der Waals surface area contributed by atoms with E-state index in [1.54, 1.807) is 36.0 Å². The van der Waals surface area contributed by atoms with Crippen LogP contribution in [0, 0.1) is 5.92 Å². The third-order valence-electron chi connectivity index (χ3n) is 5.31. The van der Waals surface area contributed by atoms with E-state index in [0.29, 0.717) is 16.8 Å². The average molecular weight is 430 g/mol. The quantitative estimate of drug-likeness (QED) is 0.188. The van der Waals surface area contributed by atoms with E-state index in [-0.39, 0.29) is 11.7 Å². The van der Waals surface area contributed by atoms with Crippen LogP contribution < -0.4 is 0 Å². The normalized spacial score (nSPS) is 14.4. The molecule has 0 spiro atoms. The van der Waals surface area contributed by atoms with Crippen LogP contribution in [-0.2, 0) is 4.84 Å². The highest BCUT2D eigenvalue weighted by atomic mass is 32.2. The molecule has 1 fully saturated rings. The van der Waals surface area contributed by atoms with E-state index in [2.05, 4.69) is 17.3 Å². The van der Waals surface area contributed by atoms with Crippen molar-refractivity contribution in [2.75, 3.05) is 0 Å². The predicted molar refractivity (Wildman–Crippen MR) is 123 cm³/mol. The highest BCUT2D eigenvalue weighted by molar-refractivity contribution is 7.99. The monoisotopic (exact) mass is 429 g/mol. The van der Waals surface area contributed by atoms with Crippen LogP contribution in [0.2, 0.25) is 0 Å². The zero-order valence-electron chi connectivity index (χ0n) is 17.1. The van der Waals surface area contributed by atoms with Crippen molar-refractivity contribution in [1.82, 2.24) is 0 Å². The van der Waals surface area contributed by atoms with Crippen LogP contribution in [0.3, 0.4) is 0 Å². The van der Waals surface area contributed by atoms with Gasteiger partial charge in [0.05, 0.1) is 5.56 Å². The summed E-state index contributed by atoms with van der Waals surface area (Å²) in [6.45, 7) is 0. The molecule has 0 bridgehead atoms. The Hall–Kier alpha value is -3.18. The van der Waals surface area contributed by atoms with Gasteiger partial charge in [-0.3, -0.25) is 4.79 Å². The molecule has 5 heteroatoms. The van der Waals surface area contributed by atoms with Crippen molar-refractivity contribution in [3.8, 4) is 0 Å². The number of Topliss-reactive ketones (excluding diaryl/α,β-unsaturated/α-hetero) is 1. The lowest BCUT2D eigenvalue weighted by molar-refractivity contribution is 0.0513. The molecule has 1 aliphatic rings. The van der Waals surface area contributed by atoms with Crippen LogP contribution in [0.25, 0.3) is 0 Å². The molecule has 1 saturated carbocycles. The van der Waals surface area contributed by atoms with Crippen molar-refractivity contribution in [1.29, 1.82) is 0 Å². The number of nitrogens with zero attached hydrogens (tertiary/aromatic N) is 1. The molecule has 0 radical (unpaired) electrons. The topological polar surface area (TPSA) is 55.7 Å². The van der Waals surface area contributed by atoms with Gasteiger partial charge in [-0.25, -0.2) is 4.79 Å². The van der Waals surface area contributed by atoms with E-state index in [1.165, 1.54) is 0 Å². The summed E-state index contributed by atoms with van der Waals surface area (Å²) < 4.78 is 0. The third-order valence-corrected chi connectivity index (χ3v) is 6.32. The van der Waals surface area contributed by atoms with Gasteiger partial charge in [0, 0.05) is 21.3 Å². The second-order valence-electron chi connectivity index (χ2n) is 7.47. The lowest BCUT2D eigenvalue weighted by Crippen LogP contribution is -2.23. The molecular weight excluding hydrogens is 406 g/mol.